The SMILES string of the molecule is CC1(C)CCCC1C(=O)N1CCC(CCC(=O)O)C1. The summed E-state index contributed by atoms with van der Waals surface area (Å²) in [7, 11) is 0. The number of hydrogen-bond donors (Lipinski definition) is 1. The molecule has 2 fully saturated rings. The molecule has 19 heavy (non-hydrogen) atoms. The molecule has 0 aromatic rings. The lowest BCUT2D eigenvalue weighted by atomic mass is 9.81. The summed E-state index contributed by atoms with van der Waals surface area (Å²) in [6.45, 7) is 5.97. The number of hydrogen-bond acceptors (Lipinski definition) is 2. The van der Waals surface area contributed by atoms with Crippen molar-refractivity contribution in [1.82, 2.24) is 4.90 Å². The zero-order valence-electron chi connectivity index (χ0n) is 12.0. The molecule has 1 saturated carbocycles. The van der Waals surface area contributed by atoms with Crippen molar-refractivity contribution < 1.29 is 14.7 Å². The van der Waals surface area contributed by atoms with Gasteiger partial charge in [-0.1, -0.05) is 20.3 Å². The molecule has 1 heterocycles. The van der Waals surface area contributed by atoms with Gasteiger partial charge in [-0.2, -0.15) is 0 Å². The number of carboxylic acid groups (broad SMARTS) is 1. The van der Waals surface area contributed by atoms with E-state index in [1.54, 1.807) is 0 Å². The van der Waals surface area contributed by atoms with Gasteiger partial charge in [-0.05, 0) is 37.0 Å². The second-order valence-corrected chi connectivity index (χ2v) is 6.80. The lowest BCUT2D eigenvalue weighted by molar-refractivity contribution is -0.137. The Morgan fingerprint density at radius 1 is 1.32 bits per heavy atom. The molecule has 0 aromatic heterocycles. The molecule has 2 aliphatic rings. The van der Waals surface area contributed by atoms with Gasteiger partial charge in [0.25, 0.3) is 0 Å². The Morgan fingerprint density at radius 2 is 2.05 bits per heavy atom. The number of aliphatic carboxylic acids is 1. The first-order valence-electron chi connectivity index (χ1n) is 7.41. The van der Waals surface area contributed by atoms with Gasteiger partial charge in [0, 0.05) is 25.4 Å². The van der Waals surface area contributed by atoms with Crippen LogP contribution >= 0.6 is 0 Å². The van der Waals surface area contributed by atoms with Crippen molar-refractivity contribution in [2.24, 2.45) is 17.3 Å². The highest BCUT2D eigenvalue weighted by atomic mass is 16.4. The first kappa shape index (κ1) is 14.4. The molecule has 1 amide bonds. The van der Waals surface area contributed by atoms with E-state index in [1.165, 1.54) is 0 Å². The maximum Gasteiger partial charge on any atom is 0.303 e. The fourth-order valence-corrected chi connectivity index (χ4v) is 3.60. The first-order chi connectivity index (χ1) is 8.90. The fraction of sp³-hybridized carbons (Fsp3) is 0.867. The van der Waals surface area contributed by atoms with Gasteiger partial charge in [-0.3, -0.25) is 9.59 Å². The third-order valence-corrected chi connectivity index (χ3v) is 4.92. The normalized spacial score (nSPS) is 29.7. The number of carboxylic acids is 1. The maximum absolute atomic E-state index is 12.6. The van der Waals surface area contributed by atoms with Crippen molar-refractivity contribution in [3.63, 3.8) is 0 Å². The van der Waals surface area contributed by atoms with Crippen LogP contribution in [0.15, 0.2) is 0 Å². The van der Waals surface area contributed by atoms with Crippen molar-refractivity contribution >= 4 is 11.9 Å². The molecule has 0 spiro atoms. The summed E-state index contributed by atoms with van der Waals surface area (Å²) < 4.78 is 0. The van der Waals surface area contributed by atoms with Crippen LogP contribution in [0, 0.1) is 17.3 Å². The molecule has 4 heteroatoms. The van der Waals surface area contributed by atoms with E-state index in [-0.39, 0.29) is 17.8 Å². The van der Waals surface area contributed by atoms with Crippen LogP contribution in [0.4, 0.5) is 0 Å². The number of carbonyl (C=O) groups is 2. The molecule has 0 aromatic carbocycles. The predicted molar refractivity (Wildman–Crippen MR) is 72.7 cm³/mol. The quantitative estimate of drug-likeness (QED) is 0.851. The van der Waals surface area contributed by atoms with Crippen LogP contribution in [0.25, 0.3) is 0 Å². The lowest BCUT2D eigenvalue weighted by Crippen LogP contribution is -2.38. The molecule has 0 bridgehead atoms. The van der Waals surface area contributed by atoms with Gasteiger partial charge in [-0.15, -0.1) is 0 Å². The summed E-state index contributed by atoms with van der Waals surface area (Å²) in [6.07, 6.45) is 5.20. The van der Waals surface area contributed by atoms with Crippen LogP contribution in [0.2, 0.25) is 0 Å². The zero-order valence-corrected chi connectivity index (χ0v) is 12.0. The summed E-state index contributed by atoms with van der Waals surface area (Å²) >= 11 is 0. The van der Waals surface area contributed by atoms with Crippen LogP contribution in [-0.4, -0.2) is 35.0 Å². The third kappa shape index (κ3) is 3.28. The van der Waals surface area contributed by atoms with E-state index < -0.39 is 5.97 Å². The van der Waals surface area contributed by atoms with E-state index in [0.717, 1.165) is 38.8 Å². The summed E-state index contributed by atoms with van der Waals surface area (Å²) in [5.41, 5.74) is 0.135. The molecular weight excluding hydrogens is 242 g/mol. The Hall–Kier alpha value is -1.06. The van der Waals surface area contributed by atoms with Crippen molar-refractivity contribution in [3.8, 4) is 0 Å². The minimum atomic E-state index is -0.735. The highest BCUT2D eigenvalue weighted by Crippen LogP contribution is 2.44. The second kappa shape index (κ2) is 5.51. The molecule has 2 rings (SSSR count). The number of likely N-dealkylation sites (tertiary alicyclic amines) is 1. The van der Waals surface area contributed by atoms with E-state index in [9.17, 15) is 9.59 Å². The van der Waals surface area contributed by atoms with Gasteiger partial charge in [0.05, 0.1) is 0 Å². The van der Waals surface area contributed by atoms with Gasteiger partial charge in [0.2, 0.25) is 5.91 Å². The monoisotopic (exact) mass is 267 g/mol. The molecule has 2 unspecified atom stereocenters. The van der Waals surface area contributed by atoms with E-state index in [2.05, 4.69) is 13.8 Å². The van der Waals surface area contributed by atoms with Crippen molar-refractivity contribution in [2.45, 2.75) is 52.4 Å². The topological polar surface area (TPSA) is 57.6 Å². The van der Waals surface area contributed by atoms with Gasteiger partial charge in [-0.25, -0.2) is 0 Å². The first-order valence-corrected chi connectivity index (χ1v) is 7.41. The number of carbonyl (C=O) groups excluding carboxylic acids is 1. The third-order valence-electron chi connectivity index (χ3n) is 4.92. The Morgan fingerprint density at radius 3 is 2.63 bits per heavy atom. The van der Waals surface area contributed by atoms with Crippen LogP contribution in [0.5, 0.6) is 0 Å². The molecule has 1 saturated heterocycles. The molecular formula is C15H25NO3. The highest BCUT2D eigenvalue weighted by Gasteiger charge is 2.42. The van der Waals surface area contributed by atoms with E-state index >= 15 is 0 Å². The number of nitrogens with zero attached hydrogens (tertiary/aromatic N) is 1. The van der Waals surface area contributed by atoms with E-state index in [4.69, 9.17) is 5.11 Å². The summed E-state index contributed by atoms with van der Waals surface area (Å²) in [5, 5.41) is 8.71. The average Bonchev–Trinajstić information content (AvgIpc) is 2.91. The second-order valence-electron chi connectivity index (χ2n) is 6.80. The number of rotatable bonds is 4. The van der Waals surface area contributed by atoms with E-state index in [0.29, 0.717) is 18.2 Å². The molecule has 1 aliphatic heterocycles. The number of amides is 1. The average molecular weight is 267 g/mol. The molecule has 1 N–H and O–H groups in total. The molecule has 2 atom stereocenters. The molecule has 1 aliphatic carbocycles. The highest BCUT2D eigenvalue weighted by molar-refractivity contribution is 5.80. The predicted octanol–water partition coefficient (Wildman–Crippen LogP) is 2.53. The van der Waals surface area contributed by atoms with Crippen LogP contribution in [-0.2, 0) is 9.59 Å². The van der Waals surface area contributed by atoms with Crippen molar-refractivity contribution in [2.75, 3.05) is 13.1 Å². The lowest BCUT2D eigenvalue weighted by Gasteiger charge is -2.30. The van der Waals surface area contributed by atoms with Gasteiger partial charge in [0.1, 0.15) is 0 Å². The van der Waals surface area contributed by atoms with E-state index in [1.807, 2.05) is 4.90 Å². The van der Waals surface area contributed by atoms with Gasteiger partial charge < -0.3 is 10.0 Å². The standard InChI is InChI=1S/C15H25NO3/c1-15(2)8-3-4-12(15)14(19)16-9-7-11(10-16)5-6-13(17)18/h11-12H,3-10H2,1-2H3,(H,17,18). The molecule has 4 nitrogen and oxygen atoms in total. The van der Waals surface area contributed by atoms with Gasteiger partial charge in [0.15, 0.2) is 0 Å². The maximum atomic E-state index is 12.6. The molecule has 0 radical (unpaired) electrons. The van der Waals surface area contributed by atoms with Crippen LogP contribution in [0.3, 0.4) is 0 Å². The Labute approximate surface area is 115 Å². The largest absolute Gasteiger partial charge is 0.481 e. The summed E-state index contributed by atoms with van der Waals surface area (Å²) in [4.78, 5) is 25.1. The van der Waals surface area contributed by atoms with Gasteiger partial charge >= 0.3 is 5.97 Å². The van der Waals surface area contributed by atoms with Crippen LogP contribution in [0.1, 0.15) is 52.4 Å². The molecule has 108 valence electrons. The fourth-order valence-electron chi connectivity index (χ4n) is 3.60. The Bertz CT molecular complexity index is 364. The Kier molecular flexibility index (Phi) is 4.16. The zero-order chi connectivity index (χ0) is 14.0. The van der Waals surface area contributed by atoms with Crippen molar-refractivity contribution in [1.29, 1.82) is 0 Å². The minimum absolute atomic E-state index is 0.135. The summed E-state index contributed by atoms with van der Waals surface area (Å²) in [5.74, 6) is 0.123. The van der Waals surface area contributed by atoms with Crippen LogP contribution < -0.4 is 0 Å². The smallest absolute Gasteiger partial charge is 0.303 e. The Balaban J connectivity index is 1.86. The summed E-state index contributed by atoms with van der Waals surface area (Å²) in [6, 6.07) is 0. The van der Waals surface area contributed by atoms with Crippen molar-refractivity contribution in [3.05, 3.63) is 0 Å². The minimum Gasteiger partial charge on any atom is -0.481 e.